The maximum Gasteiger partial charge on any atom is 0.0684 e. The maximum absolute atomic E-state index is 9.11. The summed E-state index contributed by atoms with van der Waals surface area (Å²) < 4.78 is 0. The zero-order valence-electron chi connectivity index (χ0n) is 8.46. The highest BCUT2D eigenvalue weighted by Crippen LogP contribution is 2.15. The molecule has 0 amide bonds. The summed E-state index contributed by atoms with van der Waals surface area (Å²) >= 11 is 0. The number of hydrogen-bond acceptors (Lipinski definition) is 2. The van der Waals surface area contributed by atoms with Gasteiger partial charge in [0.1, 0.15) is 0 Å². The van der Waals surface area contributed by atoms with Gasteiger partial charge in [0.15, 0.2) is 0 Å². The smallest absolute Gasteiger partial charge is 0.0684 e. The third-order valence-corrected chi connectivity index (χ3v) is 1.98. The third kappa shape index (κ3) is 3.07. The summed E-state index contributed by atoms with van der Waals surface area (Å²) in [7, 11) is 0. The van der Waals surface area contributed by atoms with Crippen molar-refractivity contribution in [1.82, 2.24) is 0 Å². The molecule has 0 spiro atoms. The number of nitrogens with one attached hydrogen (secondary N) is 1. The molecule has 2 nitrogen and oxygen atoms in total. The number of benzene rings is 1. The lowest BCUT2D eigenvalue weighted by molar-refractivity contribution is 0.208. The molecule has 1 aromatic carbocycles. The van der Waals surface area contributed by atoms with Crippen LogP contribution in [-0.2, 0) is 0 Å². The van der Waals surface area contributed by atoms with Crippen LogP contribution in [-0.4, -0.2) is 17.8 Å². The normalized spacial score (nSPS) is 12.6. The molecule has 0 unspecified atom stereocenters. The van der Waals surface area contributed by atoms with Crippen LogP contribution in [0.2, 0.25) is 0 Å². The van der Waals surface area contributed by atoms with Crippen LogP contribution in [0.15, 0.2) is 18.2 Å². The van der Waals surface area contributed by atoms with E-state index in [2.05, 4.69) is 37.4 Å². The van der Waals surface area contributed by atoms with Gasteiger partial charge in [-0.3, -0.25) is 0 Å². The molecule has 1 aromatic rings. The van der Waals surface area contributed by atoms with Crippen molar-refractivity contribution in [2.75, 3.05) is 11.9 Å². The summed E-state index contributed by atoms with van der Waals surface area (Å²) in [5.41, 5.74) is 3.56. The van der Waals surface area contributed by atoms with Gasteiger partial charge in [0.25, 0.3) is 0 Å². The number of aliphatic hydroxyl groups excluding tert-OH is 1. The van der Waals surface area contributed by atoms with Crippen molar-refractivity contribution >= 4 is 5.69 Å². The van der Waals surface area contributed by atoms with Gasteiger partial charge in [0.05, 0.1) is 6.10 Å². The lowest BCUT2D eigenvalue weighted by Gasteiger charge is -2.11. The first kappa shape index (κ1) is 10.1. The standard InChI is InChI=1S/C11H17NO/c1-8-4-5-9(2)11(6-8)12-7-10(3)13/h4-6,10,12-13H,7H2,1-3H3/t10-/m1/s1. The van der Waals surface area contributed by atoms with E-state index in [0.29, 0.717) is 6.54 Å². The van der Waals surface area contributed by atoms with Crippen LogP contribution in [0.3, 0.4) is 0 Å². The molecule has 0 bridgehead atoms. The van der Waals surface area contributed by atoms with Crippen molar-refractivity contribution in [2.24, 2.45) is 0 Å². The Balaban J connectivity index is 2.70. The molecule has 1 rings (SSSR count). The second-order valence-electron chi connectivity index (χ2n) is 3.55. The molecule has 0 radical (unpaired) electrons. The Labute approximate surface area is 79.6 Å². The fourth-order valence-electron chi connectivity index (χ4n) is 1.18. The van der Waals surface area contributed by atoms with Gasteiger partial charge < -0.3 is 10.4 Å². The number of rotatable bonds is 3. The van der Waals surface area contributed by atoms with Crippen LogP contribution < -0.4 is 5.32 Å². The monoisotopic (exact) mass is 179 g/mol. The molecule has 2 N–H and O–H groups in total. The van der Waals surface area contributed by atoms with Gasteiger partial charge in [-0.25, -0.2) is 0 Å². The Morgan fingerprint density at radius 3 is 2.69 bits per heavy atom. The Hall–Kier alpha value is -1.02. The second kappa shape index (κ2) is 4.28. The fourth-order valence-corrected chi connectivity index (χ4v) is 1.18. The topological polar surface area (TPSA) is 32.3 Å². The van der Waals surface area contributed by atoms with Crippen molar-refractivity contribution < 1.29 is 5.11 Å². The first-order valence-electron chi connectivity index (χ1n) is 4.59. The number of hydrogen-bond donors (Lipinski definition) is 2. The molecule has 0 aliphatic carbocycles. The zero-order chi connectivity index (χ0) is 9.84. The average Bonchev–Trinajstić information content (AvgIpc) is 2.06. The van der Waals surface area contributed by atoms with E-state index < -0.39 is 0 Å². The second-order valence-corrected chi connectivity index (χ2v) is 3.55. The SMILES string of the molecule is Cc1ccc(C)c(NC[C@@H](C)O)c1. The predicted molar refractivity (Wildman–Crippen MR) is 56.1 cm³/mol. The molecule has 2 heteroatoms. The van der Waals surface area contributed by atoms with E-state index >= 15 is 0 Å². The van der Waals surface area contributed by atoms with Crippen LogP contribution in [0.4, 0.5) is 5.69 Å². The van der Waals surface area contributed by atoms with Gasteiger partial charge >= 0.3 is 0 Å². The molecule has 0 heterocycles. The Bertz CT molecular complexity index is 281. The van der Waals surface area contributed by atoms with Gasteiger partial charge in [-0.1, -0.05) is 12.1 Å². The fraction of sp³-hybridized carbons (Fsp3) is 0.455. The minimum atomic E-state index is -0.306. The predicted octanol–water partition coefficient (Wildman–Crippen LogP) is 2.10. The zero-order valence-corrected chi connectivity index (χ0v) is 8.46. The third-order valence-electron chi connectivity index (χ3n) is 1.98. The summed E-state index contributed by atoms with van der Waals surface area (Å²) in [5, 5.41) is 12.3. The highest BCUT2D eigenvalue weighted by molar-refractivity contribution is 5.52. The first-order valence-corrected chi connectivity index (χ1v) is 4.59. The van der Waals surface area contributed by atoms with Crippen molar-refractivity contribution in [1.29, 1.82) is 0 Å². The molecule has 0 aliphatic rings. The van der Waals surface area contributed by atoms with Crippen LogP contribution in [0.5, 0.6) is 0 Å². The number of aliphatic hydroxyl groups is 1. The van der Waals surface area contributed by atoms with E-state index in [0.717, 1.165) is 5.69 Å². The Kier molecular flexibility index (Phi) is 3.32. The molecular weight excluding hydrogens is 162 g/mol. The molecule has 0 aromatic heterocycles. The number of aryl methyl sites for hydroxylation is 2. The van der Waals surface area contributed by atoms with Crippen molar-refractivity contribution in [3.05, 3.63) is 29.3 Å². The van der Waals surface area contributed by atoms with E-state index in [1.807, 2.05) is 0 Å². The lowest BCUT2D eigenvalue weighted by Crippen LogP contribution is -2.15. The van der Waals surface area contributed by atoms with Gasteiger partial charge in [-0.2, -0.15) is 0 Å². The molecular formula is C11H17NO. The minimum absolute atomic E-state index is 0.306. The van der Waals surface area contributed by atoms with E-state index in [4.69, 9.17) is 5.11 Å². The van der Waals surface area contributed by atoms with Crippen molar-refractivity contribution in [3.8, 4) is 0 Å². The largest absolute Gasteiger partial charge is 0.392 e. The van der Waals surface area contributed by atoms with Gasteiger partial charge in [-0.15, -0.1) is 0 Å². The summed E-state index contributed by atoms with van der Waals surface area (Å²) in [6, 6.07) is 6.26. The highest BCUT2D eigenvalue weighted by Gasteiger charge is 1.99. The molecule has 0 fully saturated rings. The van der Waals surface area contributed by atoms with Crippen LogP contribution in [0, 0.1) is 13.8 Å². The van der Waals surface area contributed by atoms with Crippen LogP contribution in [0.25, 0.3) is 0 Å². The van der Waals surface area contributed by atoms with Crippen LogP contribution >= 0.6 is 0 Å². The maximum atomic E-state index is 9.11. The lowest BCUT2D eigenvalue weighted by atomic mass is 10.1. The first-order chi connectivity index (χ1) is 6.09. The summed E-state index contributed by atoms with van der Waals surface area (Å²) in [5.74, 6) is 0. The van der Waals surface area contributed by atoms with E-state index in [1.165, 1.54) is 11.1 Å². The van der Waals surface area contributed by atoms with Gasteiger partial charge in [0.2, 0.25) is 0 Å². The summed E-state index contributed by atoms with van der Waals surface area (Å²) in [6.45, 7) is 6.50. The Morgan fingerprint density at radius 2 is 2.08 bits per heavy atom. The van der Waals surface area contributed by atoms with Crippen molar-refractivity contribution in [2.45, 2.75) is 26.9 Å². The molecule has 0 aliphatic heterocycles. The molecule has 0 saturated carbocycles. The molecule has 0 saturated heterocycles. The highest BCUT2D eigenvalue weighted by atomic mass is 16.3. The average molecular weight is 179 g/mol. The molecule has 13 heavy (non-hydrogen) atoms. The Morgan fingerprint density at radius 1 is 1.38 bits per heavy atom. The van der Waals surface area contributed by atoms with Crippen LogP contribution in [0.1, 0.15) is 18.1 Å². The summed E-state index contributed by atoms with van der Waals surface area (Å²) in [6.07, 6.45) is -0.306. The number of anilines is 1. The quantitative estimate of drug-likeness (QED) is 0.744. The van der Waals surface area contributed by atoms with E-state index in [1.54, 1.807) is 6.92 Å². The van der Waals surface area contributed by atoms with Gasteiger partial charge in [0, 0.05) is 12.2 Å². The summed E-state index contributed by atoms with van der Waals surface area (Å²) in [4.78, 5) is 0. The minimum Gasteiger partial charge on any atom is -0.392 e. The van der Waals surface area contributed by atoms with E-state index in [-0.39, 0.29) is 6.10 Å². The molecule has 1 atom stereocenters. The molecule has 72 valence electrons. The van der Waals surface area contributed by atoms with Gasteiger partial charge in [-0.05, 0) is 38.0 Å². The van der Waals surface area contributed by atoms with Crippen molar-refractivity contribution in [3.63, 3.8) is 0 Å². The van der Waals surface area contributed by atoms with E-state index in [9.17, 15) is 0 Å².